The average Bonchev–Trinajstić information content (AvgIpc) is 2.55. The lowest BCUT2D eigenvalue weighted by Gasteiger charge is -2.28. The van der Waals surface area contributed by atoms with Gasteiger partial charge in [-0.15, -0.1) is 0 Å². The third-order valence-corrected chi connectivity index (χ3v) is 4.24. The highest BCUT2D eigenvalue weighted by Gasteiger charge is 2.26. The first-order valence-corrected chi connectivity index (χ1v) is 9.18. The van der Waals surface area contributed by atoms with Crippen LogP contribution >= 0.6 is 0 Å². The van der Waals surface area contributed by atoms with E-state index < -0.39 is 5.91 Å². The molecule has 2 N–H and O–H groups in total. The number of nitrogens with zero attached hydrogens (tertiary/aromatic N) is 1. The van der Waals surface area contributed by atoms with Gasteiger partial charge in [-0.25, -0.2) is 0 Å². The molecule has 0 radical (unpaired) electrons. The Balaban J connectivity index is 3.33. The molecule has 5 heteroatoms. The Morgan fingerprint density at radius 1 is 1.19 bits per heavy atom. The molecule has 0 spiro atoms. The molecule has 0 unspecified atom stereocenters. The molecule has 0 heterocycles. The third-order valence-electron chi connectivity index (χ3n) is 4.24. The van der Waals surface area contributed by atoms with Crippen LogP contribution in [0.15, 0.2) is 17.7 Å². The van der Waals surface area contributed by atoms with Gasteiger partial charge in [0.15, 0.2) is 0 Å². The topological polar surface area (TPSA) is 82.3 Å². The predicted molar refractivity (Wildman–Crippen MR) is 109 cm³/mol. The molecule has 1 aromatic rings. The highest BCUT2D eigenvalue weighted by atomic mass is 16.5. The molecule has 5 nitrogen and oxygen atoms in total. The zero-order valence-electron chi connectivity index (χ0n) is 17.6. The van der Waals surface area contributed by atoms with Gasteiger partial charge < -0.3 is 15.2 Å². The van der Waals surface area contributed by atoms with Crippen molar-refractivity contribution in [3.8, 4) is 11.8 Å². The number of phenolic OH excluding ortho intramolecular Hbond substituents is 1. The van der Waals surface area contributed by atoms with Crippen molar-refractivity contribution in [3.63, 3.8) is 0 Å². The van der Waals surface area contributed by atoms with Crippen LogP contribution in [0.3, 0.4) is 0 Å². The minimum atomic E-state index is -0.406. The predicted octanol–water partition coefficient (Wildman–Crippen LogP) is 4.05. The number of carbonyl (C=O) groups excluding carboxylic acids is 1. The van der Waals surface area contributed by atoms with Crippen molar-refractivity contribution >= 4 is 12.0 Å². The lowest BCUT2D eigenvalue weighted by Crippen LogP contribution is -2.26. The lowest BCUT2D eigenvalue weighted by atomic mass is 9.78. The Bertz CT molecular complexity index is 709. The van der Waals surface area contributed by atoms with Crippen LogP contribution in [0, 0.1) is 11.3 Å². The monoisotopic (exact) mass is 372 g/mol. The van der Waals surface area contributed by atoms with Crippen LogP contribution in [0.1, 0.15) is 64.7 Å². The summed E-state index contributed by atoms with van der Waals surface area (Å²) < 4.78 is 4.95. The molecule has 1 amide bonds. The fourth-order valence-corrected chi connectivity index (χ4v) is 2.71. The second-order valence-electron chi connectivity index (χ2n) is 8.74. The Morgan fingerprint density at radius 3 is 2.11 bits per heavy atom. The number of nitriles is 1. The third kappa shape index (κ3) is 6.41. The van der Waals surface area contributed by atoms with Crippen LogP contribution in [0.2, 0.25) is 0 Å². The summed E-state index contributed by atoms with van der Waals surface area (Å²) in [5.74, 6) is -0.133. The second-order valence-corrected chi connectivity index (χ2v) is 8.74. The van der Waals surface area contributed by atoms with E-state index in [1.165, 1.54) is 0 Å². The highest BCUT2D eigenvalue weighted by molar-refractivity contribution is 6.01. The lowest BCUT2D eigenvalue weighted by molar-refractivity contribution is -0.117. The van der Waals surface area contributed by atoms with Gasteiger partial charge in [-0.2, -0.15) is 5.26 Å². The fraction of sp³-hybridized carbons (Fsp3) is 0.545. The maximum Gasteiger partial charge on any atom is 0.261 e. The van der Waals surface area contributed by atoms with Gasteiger partial charge in [-0.3, -0.25) is 4.79 Å². The molecule has 0 aliphatic heterocycles. The molecule has 0 saturated carbocycles. The number of phenols is 1. The molecule has 0 aliphatic carbocycles. The highest BCUT2D eigenvalue weighted by Crippen LogP contribution is 2.40. The maximum absolute atomic E-state index is 12.3. The molecule has 27 heavy (non-hydrogen) atoms. The molecule has 1 rings (SSSR count). The normalized spacial score (nSPS) is 12.6. The number of carbonyl (C=O) groups is 1. The molecule has 148 valence electrons. The summed E-state index contributed by atoms with van der Waals surface area (Å²) >= 11 is 0. The van der Waals surface area contributed by atoms with Crippen LogP contribution in [0.5, 0.6) is 5.75 Å². The van der Waals surface area contributed by atoms with Crippen LogP contribution < -0.4 is 5.32 Å². The minimum Gasteiger partial charge on any atom is -0.507 e. The maximum atomic E-state index is 12.3. The van der Waals surface area contributed by atoms with Crippen molar-refractivity contribution in [2.24, 2.45) is 0 Å². The van der Waals surface area contributed by atoms with E-state index in [0.29, 0.717) is 19.6 Å². The number of methoxy groups -OCH3 is 1. The average molecular weight is 373 g/mol. The summed E-state index contributed by atoms with van der Waals surface area (Å²) in [6.45, 7) is 13.1. The number of hydrogen-bond donors (Lipinski definition) is 2. The van der Waals surface area contributed by atoms with E-state index in [-0.39, 0.29) is 22.2 Å². The summed E-state index contributed by atoms with van der Waals surface area (Å²) in [4.78, 5) is 12.3. The van der Waals surface area contributed by atoms with E-state index in [1.54, 1.807) is 13.2 Å². The molecule has 0 atom stereocenters. The Morgan fingerprint density at radius 2 is 1.70 bits per heavy atom. The molecule has 0 aliphatic rings. The Labute approximate surface area is 163 Å². The molecule has 0 fully saturated rings. The molecule has 0 bridgehead atoms. The number of rotatable bonds is 6. The van der Waals surface area contributed by atoms with E-state index in [0.717, 1.165) is 16.7 Å². The van der Waals surface area contributed by atoms with Crippen molar-refractivity contribution in [2.75, 3.05) is 20.3 Å². The molecular weight excluding hydrogens is 340 g/mol. The van der Waals surface area contributed by atoms with Crippen molar-refractivity contribution < 1.29 is 14.6 Å². The molecule has 0 saturated heterocycles. The number of amides is 1. The zero-order chi connectivity index (χ0) is 20.8. The largest absolute Gasteiger partial charge is 0.507 e. The van der Waals surface area contributed by atoms with Gasteiger partial charge >= 0.3 is 0 Å². The summed E-state index contributed by atoms with van der Waals surface area (Å²) in [5.41, 5.74) is 1.80. The fourth-order valence-electron chi connectivity index (χ4n) is 2.71. The minimum absolute atomic E-state index is 0.0397. The van der Waals surface area contributed by atoms with Gasteiger partial charge in [0, 0.05) is 31.4 Å². The van der Waals surface area contributed by atoms with Gasteiger partial charge in [-0.1, -0.05) is 41.5 Å². The molecular formula is C22H32N2O3. The van der Waals surface area contributed by atoms with Crippen molar-refractivity contribution in [3.05, 3.63) is 34.4 Å². The van der Waals surface area contributed by atoms with Gasteiger partial charge in [0.25, 0.3) is 5.91 Å². The van der Waals surface area contributed by atoms with E-state index in [2.05, 4.69) is 5.32 Å². The van der Waals surface area contributed by atoms with Crippen molar-refractivity contribution in [1.82, 2.24) is 5.32 Å². The number of aromatic hydroxyl groups is 1. The van der Waals surface area contributed by atoms with Crippen molar-refractivity contribution in [1.29, 1.82) is 5.26 Å². The Hall–Kier alpha value is -2.32. The number of ether oxygens (including phenoxy) is 1. The van der Waals surface area contributed by atoms with Crippen molar-refractivity contribution in [2.45, 2.75) is 58.8 Å². The van der Waals surface area contributed by atoms with Gasteiger partial charge in [0.05, 0.1) is 0 Å². The first-order chi connectivity index (χ1) is 12.4. The van der Waals surface area contributed by atoms with E-state index in [1.807, 2.05) is 59.7 Å². The number of nitrogens with one attached hydrogen (secondary N) is 1. The van der Waals surface area contributed by atoms with E-state index in [4.69, 9.17) is 4.74 Å². The summed E-state index contributed by atoms with van der Waals surface area (Å²) in [6.07, 6.45) is 2.26. The number of benzene rings is 1. The van der Waals surface area contributed by atoms with Gasteiger partial charge in [0.1, 0.15) is 17.4 Å². The number of hydrogen-bond acceptors (Lipinski definition) is 4. The zero-order valence-corrected chi connectivity index (χ0v) is 17.6. The van der Waals surface area contributed by atoms with Crippen LogP contribution in [-0.2, 0) is 20.4 Å². The summed E-state index contributed by atoms with van der Waals surface area (Å²) in [5, 5.41) is 22.9. The quantitative estimate of drug-likeness (QED) is 0.448. The van der Waals surface area contributed by atoms with E-state index in [9.17, 15) is 15.2 Å². The summed E-state index contributed by atoms with van der Waals surface area (Å²) in [6, 6.07) is 5.67. The van der Waals surface area contributed by atoms with Crippen LogP contribution in [0.4, 0.5) is 0 Å². The second kappa shape index (κ2) is 9.05. The first-order valence-electron chi connectivity index (χ1n) is 9.18. The smallest absolute Gasteiger partial charge is 0.261 e. The van der Waals surface area contributed by atoms with Crippen LogP contribution in [-0.4, -0.2) is 31.3 Å². The Kier molecular flexibility index (Phi) is 7.62. The van der Waals surface area contributed by atoms with E-state index >= 15 is 0 Å². The molecule has 1 aromatic carbocycles. The standard InChI is InChI=1S/C22H32N2O3/c1-21(2,3)17-12-15(13-18(19(17)25)22(4,5)6)11-16(14-23)20(26)24-9-8-10-27-7/h11-13,25H,8-10H2,1-7H3,(H,24,26)/b16-11-. The SMILES string of the molecule is COCCCNC(=O)/C(C#N)=C\c1cc(C(C)(C)C)c(O)c(C(C)(C)C)c1. The van der Waals surface area contributed by atoms with Gasteiger partial charge in [0.2, 0.25) is 0 Å². The first kappa shape index (κ1) is 22.7. The molecule has 0 aromatic heterocycles. The summed E-state index contributed by atoms with van der Waals surface area (Å²) in [7, 11) is 1.60. The van der Waals surface area contributed by atoms with Gasteiger partial charge in [-0.05, 0) is 41.0 Å². The van der Waals surface area contributed by atoms with Crippen LogP contribution in [0.25, 0.3) is 6.08 Å².